The minimum Gasteiger partial charge on any atom is -0.452 e. The van der Waals surface area contributed by atoms with Gasteiger partial charge in [0.05, 0.1) is 5.56 Å². The molecule has 1 aromatic heterocycles. The molecular formula is C22H24F3N3O3. The van der Waals surface area contributed by atoms with Crippen LogP contribution in [0.1, 0.15) is 48.5 Å². The molecule has 1 atom stereocenters. The van der Waals surface area contributed by atoms with Crippen molar-refractivity contribution in [3.63, 3.8) is 0 Å². The van der Waals surface area contributed by atoms with Crippen molar-refractivity contribution in [1.29, 1.82) is 0 Å². The summed E-state index contributed by atoms with van der Waals surface area (Å²) >= 11 is 0. The van der Waals surface area contributed by atoms with Gasteiger partial charge in [0.15, 0.2) is 6.61 Å². The van der Waals surface area contributed by atoms with Crippen LogP contribution in [-0.2, 0) is 15.7 Å². The number of esters is 1. The molecule has 0 spiro atoms. The van der Waals surface area contributed by atoms with Gasteiger partial charge in [-0.1, -0.05) is 13.0 Å². The van der Waals surface area contributed by atoms with Gasteiger partial charge in [0.25, 0.3) is 5.91 Å². The second-order valence-electron chi connectivity index (χ2n) is 7.32. The number of ether oxygens (including phenoxy) is 1. The van der Waals surface area contributed by atoms with Gasteiger partial charge in [-0.25, -0.2) is 9.78 Å². The molecule has 1 aliphatic heterocycles. The number of anilines is 2. The summed E-state index contributed by atoms with van der Waals surface area (Å²) in [5.41, 5.74) is -0.675. The fourth-order valence-corrected chi connectivity index (χ4v) is 3.62. The molecular weight excluding hydrogens is 411 g/mol. The molecule has 2 heterocycles. The number of carbonyl (C=O) groups is 2. The van der Waals surface area contributed by atoms with Crippen molar-refractivity contribution in [3.05, 3.63) is 53.7 Å². The Kier molecular flexibility index (Phi) is 7.14. The van der Waals surface area contributed by atoms with Gasteiger partial charge in [-0.15, -0.1) is 0 Å². The molecule has 166 valence electrons. The third-order valence-electron chi connectivity index (χ3n) is 5.23. The van der Waals surface area contributed by atoms with Gasteiger partial charge in [0.2, 0.25) is 0 Å². The van der Waals surface area contributed by atoms with E-state index in [1.165, 1.54) is 30.5 Å². The van der Waals surface area contributed by atoms with Crippen molar-refractivity contribution in [1.82, 2.24) is 9.88 Å². The number of halogens is 3. The maximum Gasteiger partial charge on any atom is 0.416 e. The average Bonchev–Trinajstić information content (AvgIpc) is 2.77. The number of hydrogen-bond acceptors (Lipinski definition) is 5. The fourth-order valence-electron chi connectivity index (χ4n) is 3.62. The Hall–Kier alpha value is -3.10. The first-order valence-corrected chi connectivity index (χ1v) is 10.2. The van der Waals surface area contributed by atoms with Crippen molar-refractivity contribution >= 4 is 23.4 Å². The van der Waals surface area contributed by atoms with Crippen molar-refractivity contribution in [3.8, 4) is 0 Å². The Morgan fingerprint density at radius 2 is 2.03 bits per heavy atom. The van der Waals surface area contributed by atoms with Crippen LogP contribution < -0.4 is 5.32 Å². The zero-order valence-electron chi connectivity index (χ0n) is 17.1. The predicted octanol–water partition coefficient (Wildman–Crippen LogP) is 4.79. The molecule has 31 heavy (non-hydrogen) atoms. The molecule has 0 saturated carbocycles. The maximum atomic E-state index is 12.9. The van der Waals surface area contributed by atoms with Crippen LogP contribution in [0, 0.1) is 0 Å². The van der Waals surface area contributed by atoms with Gasteiger partial charge in [-0.3, -0.25) is 4.79 Å². The largest absolute Gasteiger partial charge is 0.452 e. The number of pyridine rings is 1. The van der Waals surface area contributed by atoms with Crippen LogP contribution in [0.2, 0.25) is 0 Å². The summed E-state index contributed by atoms with van der Waals surface area (Å²) in [6.45, 7) is 2.26. The molecule has 9 heteroatoms. The molecule has 1 fully saturated rings. The Labute approximate surface area is 178 Å². The maximum absolute atomic E-state index is 12.9. The molecule has 1 aromatic carbocycles. The number of alkyl halides is 3. The summed E-state index contributed by atoms with van der Waals surface area (Å²) in [5, 5.41) is 2.73. The van der Waals surface area contributed by atoms with E-state index >= 15 is 0 Å². The number of rotatable bonds is 6. The lowest BCUT2D eigenvalue weighted by atomic mass is 10.00. The van der Waals surface area contributed by atoms with Gasteiger partial charge in [0.1, 0.15) is 11.4 Å². The summed E-state index contributed by atoms with van der Waals surface area (Å²) in [6, 6.07) is 7.66. The number of benzene rings is 1. The minimum atomic E-state index is -4.49. The number of nitrogens with one attached hydrogen (secondary N) is 1. The van der Waals surface area contributed by atoms with Gasteiger partial charge >= 0.3 is 12.1 Å². The van der Waals surface area contributed by atoms with E-state index in [0.717, 1.165) is 37.8 Å². The first-order valence-electron chi connectivity index (χ1n) is 10.2. The standard InChI is InChI=1S/C22H24F3N3O3/c1-2-17-9-3-4-12-28(17)19(29)14-31-21(30)18-10-6-11-26-20(18)27-16-8-5-7-15(13-16)22(23,24)25/h5-8,10-11,13,17H,2-4,9,12,14H2,1H3,(H,26,27)/t17-/m1/s1. The minimum absolute atomic E-state index is 0.0263. The van der Waals surface area contributed by atoms with Crippen LogP contribution in [-0.4, -0.2) is 41.0 Å². The molecule has 0 unspecified atom stereocenters. The summed E-state index contributed by atoms with van der Waals surface area (Å²) in [7, 11) is 0. The Morgan fingerprint density at radius 3 is 2.77 bits per heavy atom. The van der Waals surface area contributed by atoms with E-state index in [9.17, 15) is 22.8 Å². The highest BCUT2D eigenvalue weighted by Gasteiger charge is 2.30. The number of aromatic nitrogens is 1. The topological polar surface area (TPSA) is 71.5 Å². The quantitative estimate of drug-likeness (QED) is 0.661. The SMILES string of the molecule is CC[C@@H]1CCCCN1C(=O)COC(=O)c1cccnc1Nc1cccc(C(F)(F)F)c1. The van der Waals surface area contributed by atoms with Crippen LogP contribution in [0.25, 0.3) is 0 Å². The predicted molar refractivity (Wildman–Crippen MR) is 109 cm³/mol. The number of nitrogens with zero attached hydrogens (tertiary/aromatic N) is 2. The average molecular weight is 435 g/mol. The van der Waals surface area contributed by atoms with Gasteiger partial charge < -0.3 is 15.0 Å². The van der Waals surface area contributed by atoms with E-state index in [4.69, 9.17) is 4.74 Å². The monoisotopic (exact) mass is 435 g/mol. The van der Waals surface area contributed by atoms with Crippen molar-refractivity contribution in [2.75, 3.05) is 18.5 Å². The highest BCUT2D eigenvalue weighted by atomic mass is 19.4. The Morgan fingerprint density at radius 1 is 1.23 bits per heavy atom. The number of amides is 1. The number of likely N-dealkylation sites (tertiary alicyclic amines) is 1. The van der Waals surface area contributed by atoms with Crippen LogP contribution in [0.5, 0.6) is 0 Å². The van der Waals surface area contributed by atoms with Gasteiger partial charge in [-0.05, 0) is 56.0 Å². The van der Waals surface area contributed by atoms with E-state index in [-0.39, 0.29) is 29.0 Å². The van der Waals surface area contributed by atoms with E-state index < -0.39 is 24.3 Å². The molecule has 1 saturated heterocycles. The second-order valence-corrected chi connectivity index (χ2v) is 7.32. The molecule has 0 radical (unpaired) electrons. The van der Waals surface area contributed by atoms with E-state index in [0.29, 0.717) is 6.54 Å². The zero-order chi connectivity index (χ0) is 22.4. The van der Waals surface area contributed by atoms with E-state index in [1.54, 1.807) is 4.90 Å². The normalized spacial score (nSPS) is 16.6. The zero-order valence-corrected chi connectivity index (χ0v) is 17.1. The second kappa shape index (κ2) is 9.80. The number of piperidine rings is 1. The molecule has 1 N–H and O–H groups in total. The molecule has 0 aliphatic carbocycles. The molecule has 6 nitrogen and oxygen atoms in total. The van der Waals surface area contributed by atoms with Crippen LogP contribution >= 0.6 is 0 Å². The first-order chi connectivity index (χ1) is 14.8. The van der Waals surface area contributed by atoms with Crippen molar-refractivity contribution in [2.45, 2.75) is 44.8 Å². The molecule has 0 bridgehead atoms. The highest BCUT2D eigenvalue weighted by Crippen LogP contribution is 2.31. The lowest BCUT2D eigenvalue weighted by Gasteiger charge is -2.35. The van der Waals surface area contributed by atoms with Gasteiger partial charge in [0, 0.05) is 24.5 Å². The lowest BCUT2D eigenvalue weighted by Crippen LogP contribution is -2.45. The number of hydrogen-bond donors (Lipinski definition) is 1. The lowest BCUT2D eigenvalue weighted by molar-refractivity contribution is -0.138. The fraction of sp³-hybridized carbons (Fsp3) is 0.409. The third-order valence-corrected chi connectivity index (χ3v) is 5.23. The van der Waals surface area contributed by atoms with E-state index in [2.05, 4.69) is 10.3 Å². The van der Waals surface area contributed by atoms with Crippen LogP contribution in [0.3, 0.4) is 0 Å². The van der Waals surface area contributed by atoms with Crippen LogP contribution in [0.4, 0.5) is 24.7 Å². The summed E-state index contributed by atoms with van der Waals surface area (Å²) < 4.78 is 44.0. The Bertz CT molecular complexity index is 933. The molecule has 1 amide bonds. The smallest absolute Gasteiger partial charge is 0.416 e. The molecule has 1 aliphatic rings. The van der Waals surface area contributed by atoms with Gasteiger partial charge in [-0.2, -0.15) is 13.2 Å². The highest BCUT2D eigenvalue weighted by molar-refractivity contribution is 5.96. The van der Waals surface area contributed by atoms with Crippen molar-refractivity contribution in [2.24, 2.45) is 0 Å². The number of carbonyl (C=O) groups excluding carboxylic acids is 2. The summed E-state index contributed by atoms with van der Waals surface area (Å²) in [6.07, 6.45) is 0.676. The molecule has 2 aromatic rings. The van der Waals surface area contributed by atoms with Crippen LogP contribution in [0.15, 0.2) is 42.6 Å². The van der Waals surface area contributed by atoms with E-state index in [1.807, 2.05) is 6.92 Å². The van der Waals surface area contributed by atoms with Crippen molar-refractivity contribution < 1.29 is 27.5 Å². The third kappa shape index (κ3) is 5.74. The Balaban J connectivity index is 1.68. The summed E-state index contributed by atoms with van der Waals surface area (Å²) in [5.74, 6) is -0.985. The first kappa shape index (κ1) is 22.6. The summed E-state index contributed by atoms with van der Waals surface area (Å²) in [4.78, 5) is 30.9. The molecule has 3 rings (SSSR count).